The van der Waals surface area contributed by atoms with Crippen LogP contribution in [0.1, 0.15) is 13.8 Å². The Kier molecular flexibility index (Phi) is 4.45. The number of aliphatic imine (C=N–C) groups is 1. The van der Waals surface area contributed by atoms with Gasteiger partial charge in [-0.15, -0.1) is 0 Å². The zero-order chi connectivity index (χ0) is 16.3. The fourth-order valence-corrected chi connectivity index (χ4v) is 2.89. The van der Waals surface area contributed by atoms with Crippen LogP contribution in [0.2, 0.25) is 0 Å². The molecule has 118 valence electrons. The zero-order valence-corrected chi connectivity index (χ0v) is 12.8. The van der Waals surface area contributed by atoms with Gasteiger partial charge in [-0.05, 0) is 38.1 Å². The molecule has 1 aromatic carbocycles. The predicted octanol–water partition coefficient (Wildman–Crippen LogP) is 0.905. The largest absolute Gasteiger partial charge is 0.491 e. The molecule has 1 aromatic rings. The third-order valence-corrected chi connectivity index (χ3v) is 4.16. The quantitative estimate of drug-likeness (QED) is 0.835. The number of amides is 3. The highest BCUT2D eigenvalue weighted by Crippen LogP contribution is 2.19. The number of sulfonamides is 1. The van der Waals surface area contributed by atoms with Gasteiger partial charge in [-0.2, -0.15) is 0 Å². The lowest BCUT2D eigenvalue weighted by Gasteiger charge is -2.17. The van der Waals surface area contributed by atoms with Crippen LogP contribution in [0.4, 0.5) is 10.5 Å². The Morgan fingerprint density at radius 2 is 1.86 bits per heavy atom. The highest BCUT2D eigenvalue weighted by Gasteiger charge is 2.35. The highest BCUT2D eigenvalue weighted by molar-refractivity contribution is 7.94. The molecule has 1 atom stereocenters. The van der Waals surface area contributed by atoms with Gasteiger partial charge in [0.2, 0.25) is 10.0 Å². The molecular weight excluding hydrogens is 310 g/mol. The van der Waals surface area contributed by atoms with Crippen LogP contribution in [-0.4, -0.2) is 37.9 Å². The molecule has 2 N–H and O–H groups in total. The van der Waals surface area contributed by atoms with Crippen LogP contribution in [0.5, 0.6) is 5.75 Å². The Labute approximate surface area is 127 Å². The van der Waals surface area contributed by atoms with Crippen LogP contribution < -0.4 is 14.8 Å². The number of nitrogens with one attached hydrogen (secondary N) is 2. The monoisotopic (exact) mass is 325 g/mol. The average Bonchev–Trinajstić information content (AvgIpc) is 2.39. The van der Waals surface area contributed by atoms with Crippen molar-refractivity contribution in [2.24, 2.45) is 4.99 Å². The molecule has 0 bridgehead atoms. The van der Waals surface area contributed by atoms with Crippen molar-refractivity contribution >= 4 is 33.9 Å². The summed E-state index contributed by atoms with van der Waals surface area (Å²) >= 11 is 0. The summed E-state index contributed by atoms with van der Waals surface area (Å²) in [5, 5.41) is 0.278. The summed E-state index contributed by atoms with van der Waals surface area (Å²) in [5.41, 5.74) is 0.272. The fraction of sp³-hybridized carbons (Fsp3) is 0.308. The van der Waals surface area contributed by atoms with Crippen molar-refractivity contribution in [1.29, 1.82) is 0 Å². The second-order valence-corrected chi connectivity index (χ2v) is 6.63. The van der Waals surface area contributed by atoms with E-state index in [-0.39, 0.29) is 11.8 Å². The second kappa shape index (κ2) is 6.14. The molecule has 8 nitrogen and oxygen atoms in total. The van der Waals surface area contributed by atoms with Crippen molar-refractivity contribution in [3.05, 3.63) is 24.3 Å². The first kappa shape index (κ1) is 16.0. The Morgan fingerprint density at radius 3 is 2.41 bits per heavy atom. The van der Waals surface area contributed by atoms with Crippen LogP contribution >= 0.6 is 0 Å². The van der Waals surface area contributed by atoms with Gasteiger partial charge in [0, 0.05) is 11.9 Å². The number of ether oxygens (including phenoxy) is 1. The molecule has 0 aliphatic carbocycles. The molecule has 1 aliphatic rings. The van der Waals surface area contributed by atoms with Gasteiger partial charge in [0.25, 0.3) is 5.91 Å². The molecule has 1 aliphatic heterocycles. The lowest BCUT2D eigenvalue weighted by atomic mass is 10.3. The number of nitrogens with zero attached hydrogens (tertiary/aromatic N) is 1. The molecule has 3 amide bonds. The van der Waals surface area contributed by atoms with E-state index in [2.05, 4.69) is 9.71 Å². The third kappa shape index (κ3) is 3.82. The summed E-state index contributed by atoms with van der Waals surface area (Å²) in [6.45, 7) is 3.75. The summed E-state index contributed by atoms with van der Waals surface area (Å²) in [4.78, 5) is 25.7. The lowest BCUT2D eigenvalue weighted by molar-refractivity contribution is -0.118. The Bertz CT molecular complexity index is 710. The summed E-state index contributed by atoms with van der Waals surface area (Å²) in [6, 6.07) is 5.36. The van der Waals surface area contributed by atoms with E-state index in [1.54, 1.807) is 12.1 Å². The van der Waals surface area contributed by atoms with E-state index >= 15 is 0 Å². The van der Waals surface area contributed by atoms with Crippen LogP contribution in [0.15, 0.2) is 29.3 Å². The maximum Gasteiger partial charge on any atom is 0.347 e. The van der Waals surface area contributed by atoms with Crippen molar-refractivity contribution in [3.63, 3.8) is 0 Å². The first-order valence-electron chi connectivity index (χ1n) is 6.45. The molecule has 0 saturated heterocycles. The van der Waals surface area contributed by atoms with Crippen molar-refractivity contribution in [1.82, 2.24) is 5.32 Å². The van der Waals surface area contributed by atoms with Gasteiger partial charge >= 0.3 is 6.03 Å². The van der Waals surface area contributed by atoms with Crippen LogP contribution in [0.25, 0.3) is 0 Å². The van der Waals surface area contributed by atoms with E-state index < -0.39 is 27.2 Å². The Balaban J connectivity index is 2.13. The van der Waals surface area contributed by atoms with E-state index in [0.29, 0.717) is 5.75 Å². The molecule has 1 heterocycles. The Hall–Kier alpha value is -2.42. The zero-order valence-electron chi connectivity index (χ0n) is 11.9. The van der Waals surface area contributed by atoms with Gasteiger partial charge in [-0.25, -0.2) is 18.2 Å². The molecule has 1 unspecified atom stereocenters. The summed E-state index contributed by atoms with van der Waals surface area (Å²) < 4.78 is 32.0. The number of anilines is 1. The van der Waals surface area contributed by atoms with Gasteiger partial charge in [-0.1, -0.05) is 0 Å². The van der Waals surface area contributed by atoms with E-state index in [4.69, 9.17) is 4.74 Å². The molecule has 0 saturated carbocycles. The molecule has 2 rings (SSSR count). The van der Waals surface area contributed by atoms with Crippen LogP contribution in [0.3, 0.4) is 0 Å². The van der Waals surface area contributed by atoms with Gasteiger partial charge in [0.05, 0.1) is 6.10 Å². The van der Waals surface area contributed by atoms with Crippen molar-refractivity contribution < 1.29 is 22.7 Å². The lowest BCUT2D eigenvalue weighted by Crippen LogP contribution is -2.48. The maximum absolute atomic E-state index is 12.1. The number of carbonyl (C=O) groups is 2. The number of hydrogen-bond donors (Lipinski definition) is 2. The second-order valence-electron chi connectivity index (χ2n) is 4.83. The minimum Gasteiger partial charge on any atom is -0.491 e. The SMILES string of the molecule is CC(C)Oc1ccc(NS(=O)(=O)C2C=NC(=O)NC2=O)cc1. The van der Waals surface area contributed by atoms with Gasteiger partial charge < -0.3 is 4.74 Å². The Morgan fingerprint density at radius 1 is 1.23 bits per heavy atom. The molecule has 0 radical (unpaired) electrons. The first-order valence-corrected chi connectivity index (χ1v) is 8.00. The molecule has 9 heteroatoms. The van der Waals surface area contributed by atoms with Gasteiger partial charge in [0.15, 0.2) is 5.25 Å². The van der Waals surface area contributed by atoms with E-state index in [9.17, 15) is 18.0 Å². The average molecular weight is 325 g/mol. The number of imide groups is 1. The third-order valence-electron chi connectivity index (χ3n) is 2.64. The predicted molar refractivity (Wildman–Crippen MR) is 80.6 cm³/mol. The fourth-order valence-electron chi connectivity index (χ4n) is 1.73. The number of benzene rings is 1. The number of rotatable bonds is 5. The topological polar surface area (TPSA) is 114 Å². The van der Waals surface area contributed by atoms with E-state index in [0.717, 1.165) is 6.21 Å². The van der Waals surface area contributed by atoms with Gasteiger partial charge in [0.1, 0.15) is 5.75 Å². The molecule has 0 fully saturated rings. The minimum atomic E-state index is -4.05. The van der Waals surface area contributed by atoms with Crippen molar-refractivity contribution in [2.45, 2.75) is 25.2 Å². The molecular formula is C13H15N3O5S. The standard InChI is InChI=1S/C13H15N3O5S/c1-8(2)21-10-5-3-9(4-6-10)16-22(19,20)11-7-14-13(18)15-12(11)17/h3-8,11,16H,1-2H3,(H,15,17,18). The first-order chi connectivity index (χ1) is 10.3. The van der Waals surface area contributed by atoms with Crippen molar-refractivity contribution in [2.75, 3.05) is 4.72 Å². The van der Waals surface area contributed by atoms with Crippen LogP contribution in [-0.2, 0) is 14.8 Å². The minimum absolute atomic E-state index is 0.00206. The normalized spacial score (nSPS) is 18.2. The van der Waals surface area contributed by atoms with E-state index in [1.165, 1.54) is 12.1 Å². The maximum atomic E-state index is 12.1. The summed E-state index contributed by atoms with van der Waals surface area (Å²) in [7, 11) is -4.05. The summed E-state index contributed by atoms with van der Waals surface area (Å²) in [5.74, 6) is -0.340. The van der Waals surface area contributed by atoms with Crippen molar-refractivity contribution in [3.8, 4) is 5.75 Å². The smallest absolute Gasteiger partial charge is 0.347 e. The molecule has 0 spiro atoms. The number of carbonyl (C=O) groups excluding carboxylic acids is 2. The molecule has 0 aromatic heterocycles. The number of urea groups is 1. The van der Waals surface area contributed by atoms with Gasteiger partial charge in [-0.3, -0.25) is 14.8 Å². The van der Waals surface area contributed by atoms with E-state index in [1.807, 2.05) is 19.2 Å². The highest BCUT2D eigenvalue weighted by atomic mass is 32.2. The van der Waals surface area contributed by atoms with Crippen LogP contribution in [0, 0.1) is 0 Å². The molecule has 22 heavy (non-hydrogen) atoms. The number of hydrogen-bond acceptors (Lipinski definition) is 5. The summed E-state index contributed by atoms with van der Waals surface area (Å²) in [6.07, 6.45) is 0.807.